The molecule has 3 rings (SSSR count). The van der Waals surface area contributed by atoms with Crippen LogP contribution in [0.3, 0.4) is 0 Å². The number of hydrogen-bond acceptors (Lipinski definition) is 2. The van der Waals surface area contributed by atoms with Crippen LogP contribution in [0.1, 0.15) is 37.3 Å². The summed E-state index contributed by atoms with van der Waals surface area (Å²) in [6, 6.07) is 7.12. The second-order valence-electron chi connectivity index (χ2n) is 6.67. The van der Waals surface area contributed by atoms with Gasteiger partial charge in [-0.05, 0) is 56.6 Å². The van der Waals surface area contributed by atoms with E-state index in [2.05, 4.69) is 36.9 Å². The highest BCUT2D eigenvalue weighted by Gasteiger charge is 2.36. The van der Waals surface area contributed by atoms with Crippen LogP contribution in [-0.4, -0.2) is 19.1 Å². The normalized spacial score (nSPS) is 27.6. The molecule has 19 heavy (non-hydrogen) atoms. The Kier molecular flexibility index (Phi) is 3.53. The first-order chi connectivity index (χ1) is 9.13. The van der Waals surface area contributed by atoms with Crippen molar-refractivity contribution in [1.29, 1.82) is 0 Å². The molecule has 0 radical (unpaired) electrons. The van der Waals surface area contributed by atoms with E-state index in [0.717, 1.165) is 18.3 Å². The van der Waals surface area contributed by atoms with Crippen molar-refractivity contribution in [2.45, 2.75) is 45.6 Å². The summed E-state index contributed by atoms with van der Waals surface area (Å²) < 4.78 is 0. The Hall–Kier alpha value is -1.02. The second kappa shape index (κ2) is 5.16. The third-order valence-electron chi connectivity index (χ3n) is 4.84. The van der Waals surface area contributed by atoms with Crippen molar-refractivity contribution in [3.8, 4) is 0 Å². The molecule has 2 N–H and O–H groups in total. The van der Waals surface area contributed by atoms with Gasteiger partial charge in [0.15, 0.2) is 0 Å². The first-order valence-electron chi connectivity index (χ1n) is 7.73. The molecule has 1 saturated carbocycles. The summed E-state index contributed by atoms with van der Waals surface area (Å²) in [5.74, 6) is 1.90. The zero-order chi connectivity index (χ0) is 13.4. The molecule has 3 atom stereocenters. The molecular formula is C17H26N2. The van der Waals surface area contributed by atoms with Gasteiger partial charge in [-0.3, -0.25) is 0 Å². The molecule has 104 valence electrons. The third kappa shape index (κ3) is 2.64. The quantitative estimate of drug-likeness (QED) is 0.902. The zero-order valence-electron chi connectivity index (χ0n) is 12.2. The Morgan fingerprint density at radius 1 is 1.26 bits per heavy atom. The van der Waals surface area contributed by atoms with Crippen LogP contribution in [0.5, 0.6) is 0 Å². The zero-order valence-corrected chi connectivity index (χ0v) is 12.2. The van der Waals surface area contributed by atoms with Gasteiger partial charge in [-0.15, -0.1) is 0 Å². The van der Waals surface area contributed by atoms with Crippen molar-refractivity contribution >= 4 is 5.69 Å². The maximum Gasteiger partial charge on any atom is 0.0399 e. The molecule has 0 amide bonds. The number of fused-ring (bicyclic) bond motifs is 1. The molecule has 1 saturated heterocycles. The van der Waals surface area contributed by atoms with Crippen LogP contribution in [0.25, 0.3) is 0 Å². The SMILES string of the molecule is Cc1ccc(N2CC3CCCC3C2)c(CC(C)N)c1. The van der Waals surface area contributed by atoms with Crippen molar-refractivity contribution < 1.29 is 0 Å². The summed E-state index contributed by atoms with van der Waals surface area (Å²) in [7, 11) is 0. The fourth-order valence-electron chi connectivity index (χ4n) is 3.96. The molecule has 1 aromatic rings. The topological polar surface area (TPSA) is 29.3 Å². The van der Waals surface area contributed by atoms with Crippen molar-refractivity contribution in [3.05, 3.63) is 29.3 Å². The number of anilines is 1. The van der Waals surface area contributed by atoms with Crippen LogP contribution in [0, 0.1) is 18.8 Å². The summed E-state index contributed by atoms with van der Waals surface area (Å²) in [4.78, 5) is 2.62. The van der Waals surface area contributed by atoms with E-state index in [4.69, 9.17) is 5.73 Å². The van der Waals surface area contributed by atoms with Gasteiger partial charge in [0.05, 0.1) is 0 Å². The van der Waals surface area contributed by atoms with Gasteiger partial charge in [-0.25, -0.2) is 0 Å². The van der Waals surface area contributed by atoms with Gasteiger partial charge in [0.1, 0.15) is 0 Å². The Balaban J connectivity index is 1.84. The lowest BCUT2D eigenvalue weighted by atomic mass is 10.0. The van der Waals surface area contributed by atoms with Crippen LogP contribution >= 0.6 is 0 Å². The van der Waals surface area contributed by atoms with Gasteiger partial charge in [0.2, 0.25) is 0 Å². The van der Waals surface area contributed by atoms with Crippen molar-refractivity contribution in [3.63, 3.8) is 0 Å². The molecule has 1 heterocycles. The van der Waals surface area contributed by atoms with Gasteiger partial charge >= 0.3 is 0 Å². The van der Waals surface area contributed by atoms with E-state index >= 15 is 0 Å². The molecule has 2 fully saturated rings. The minimum Gasteiger partial charge on any atom is -0.371 e. The van der Waals surface area contributed by atoms with E-state index in [1.807, 2.05) is 0 Å². The number of hydrogen-bond donors (Lipinski definition) is 1. The van der Waals surface area contributed by atoms with Crippen molar-refractivity contribution in [2.75, 3.05) is 18.0 Å². The predicted octanol–water partition coefficient (Wildman–Crippen LogP) is 3.12. The first kappa shape index (κ1) is 13.0. The minimum absolute atomic E-state index is 0.239. The van der Waals surface area contributed by atoms with E-state index in [1.54, 1.807) is 0 Å². The molecule has 1 aromatic carbocycles. The van der Waals surface area contributed by atoms with Crippen LogP contribution in [0.4, 0.5) is 5.69 Å². The summed E-state index contributed by atoms with van der Waals surface area (Å²) in [5.41, 5.74) is 10.2. The number of aryl methyl sites for hydroxylation is 1. The van der Waals surface area contributed by atoms with Crippen molar-refractivity contribution in [1.82, 2.24) is 0 Å². The molecule has 1 aliphatic heterocycles. The number of nitrogens with zero attached hydrogens (tertiary/aromatic N) is 1. The largest absolute Gasteiger partial charge is 0.371 e. The van der Waals surface area contributed by atoms with Crippen LogP contribution in [0.15, 0.2) is 18.2 Å². The average Bonchev–Trinajstić information content (AvgIpc) is 2.88. The van der Waals surface area contributed by atoms with E-state index in [1.165, 1.54) is 49.2 Å². The fraction of sp³-hybridized carbons (Fsp3) is 0.647. The van der Waals surface area contributed by atoms with Crippen LogP contribution < -0.4 is 10.6 Å². The molecule has 2 aliphatic rings. The fourth-order valence-corrected chi connectivity index (χ4v) is 3.96. The standard InChI is InChI=1S/C17H26N2/c1-12-6-7-17(16(8-12)9-13(2)18)19-10-14-4-3-5-15(14)11-19/h6-8,13-15H,3-5,9-11,18H2,1-2H3. The van der Waals surface area contributed by atoms with Crippen molar-refractivity contribution in [2.24, 2.45) is 17.6 Å². The maximum atomic E-state index is 6.02. The first-order valence-corrected chi connectivity index (χ1v) is 7.73. The summed E-state index contributed by atoms with van der Waals surface area (Å²) in [5, 5.41) is 0. The highest BCUT2D eigenvalue weighted by molar-refractivity contribution is 5.56. The van der Waals surface area contributed by atoms with Crippen LogP contribution in [-0.2, 0) is 6.42 Å². The molecule has 0 spiro atoms. The molecule has 0 bridgehead atoms. The molecule has 2 nitrogen and oxygen atoms in total. The Morgan fingerprint density at radius 3 is 2.58 bits per heavy atom. The predicted molar refractivity (Wildman–Crippen MR) is 81.6 cm³/mol. The highest BCUT2D eigenvalue weighted by Crippen LogP contribution is 2.40. The molecular weight excluding hydrogens is 232 g/mol. The Labute approximate surface area is 117 Å². The summed E-state index contributed by atoms with van der Waals surface area (Å²) in [6.07, 6.45) is 5.32. The molecule has 1 aliphatic carbocycles. The lowest BCUT2D eigenvalue weighted by Gasteiger charge is -2.24. The highest BCUT2D eigenvalue weighted by atomic mass is 15.2. The maximum absolute atomic E-state index is 6.02. The monoisotopic (exact) mass is 258 g/mol. The van der Waals surface area contributed by atoms with E-state index < -0.39 is 0 Å². The van der Waals surface area contributed by atoms with E-state index in [9.17, 15) is 0 Å². The minimum atomic E-state index is 0.239. The molecule has 3 unspecified atom stereocenters. The van der Waals surface area contributed by atoms with Gasteiger partial charge in [-0.2, -0.15) is 0 Å². The van der Waals surface area contributed by atoms with E-state index in [-0.39, 0.29) is 6.04 Å². The second-order valence-corrected chi connectivity index (χ2v) is 6.67. The number of benzene rings is 1. The van der Waals surface area contributed by atoms with E-state index in [0.29, 0.717) is 0 Å². The lowest BCUT2D eigenvalue weighted by molar-refractivity contribution is 0.494. The summed E-state index contributed by atoms with van der Waals surface area (Å²) >= 11 is 0. The number of nitrogens with two attached hydrogens (primary N) is 1. The Bertz CT molecular complexity index is 441. The average molecular weight is 258 g/mol. The van der Waals surface area contributed by atoms with Gasteiger partial charge in [0.25, 0.3) is 0 Å². The molecule has 2 heteroatoms. The number of rotatable bonds is 3. The summed E-state index contributed by atoms with van der Waals surface area (Å²) in [6.45, 7) is 6.80. The van der Waals surface area contributed by atoms with Gasteiger partial charge in [0, 0.05) is 24.8 Å². The van der Waals surface area contributed by atoms with Gasteiger partial charge in [-0.1, -0.05) is 24.1 Å². The molecule has 0 aromatic heterocycles. The van der Waals surface area contributed by atoms with Gasteiger partial charge < -0.3 is 10.6 Å². The Morgan fingerprint density at radius 2 is 1.95 bits per heavy atom. The smallest absolute Gasteiger partial charge is 0.0399 e. The van der Waals surface area contributed by atoms with Crippen LogP contribution in [0.2, 0.25) is 0 Å². The third-order valence-corrected chi connectivity index (χ3v) is 4.84. The lowest BCUT2D eigenvalue weighted by Crippen LogP contribution is -2.24.